The van der Waals surface area contributed by atoms with Crippen LogP contribution in [-0.4, -0.2) is 28.0 Å². The van der Waals surface area contributed by atoms with Gasteiger partial charge in [-0.2, -0.15) is 0 Å². The van der Waals surface area contributed by atoms with Crippen LogP contribution in [0.25, 0.3) is 0 Å². The zero-order chi connectivity index (χ0) is 22.6. The third-order valence-electron chi connectivity index (χ3n) is 4.45. The van der Waals surface area contributed by atoms with Crippen LogP contribution in [0.3, 0.4) is 0 Å². The lowest BCUT2D eigenvalue weighted by molar-refractivity contribution is -0.114. The van der Waals surface area contributed by atoms with Crippen molar-refractivity contribution in [3.05, 3.63) is 81.8 Å². The minimum atomic E-state index is -4.00. The maximum atomic E-state index is 13.4. The number of carbonyl (C=O) groups is 1. The Labute approximate surface area is 195 Å². The number of hydrogen-bond acceptors (Lipinski definition) is 4. The monoisotopic (exact) mass is 522 g/mol. The second-order valence-electron chi connectivity index (χ2n) is 6.69. The van der Waals surface area contributed by atoms with E-state index in [9.17, 15) is 13.2 Å². The minimum Gasteiger partial charge on any atom is -0.495 e. The van der Waals surface area contributed by atoms with Gasteiger partial charge in [-0.15, -0.1) is 0 Å². The van der Waals surface area contributed by atoms with Crippen molar-refractivity contribution in [1.82, 2.24) is 0 Å². The molecule has 3 aromatic carbocycles. The van der Waals surface area contributed by atoms with Crippen LogP contribution in [0.2, 0.25) is 5.02 Å². The standard InChI is InChI=1S/C22H20BrClN2O4S/c1-15-3-10-19(11-4-15)31(28,29)26(18-8-5-16(23)6-9-18)14-22(27)25-20-13-17(24)7-12-21(20)30-2/h3-13H,14H2,1-2H3,(H,25,27). The van der Waals surface area contributed by atoms with E-state index in [0.29, 0.717) is 22.1 Å². The van der Waals surface area contributed by atoms with Crippen LogP contribution in [0.4, 0.5) is 11.4 Å². The topological polar surface area (TPSA) is 75.7 Å². The molecule has 0 radical (unpaired) electrons. The molecule has 3 rings (SSSR count). The normalized spacial score (nSPS) is 11.1. The van der Waals surface area contributed by atoms with Gasteiger partial charge in [0.1, 0.15) is 12.3 Å². The molecule has 0 saturated carbocycles. The van der Waals surface area contributed by atoms with Gasteiger partial charge in [-0.1, -0.05) is 45.2 Å². The average molecular weight is 524 g/mol. The zero-order valence-electron chi connectivity index (χ0n) is 16.8. The fourth-order valence-electron chi connectivity index (χ4n) is 2.86. The van der Waals surface area contributed by atoms with Crippen LogP contribution >= 0.6 is 27.5 Å². The number of sulfonamides is 1. The molecule has 0 aliphatic heterocycles. The summed E-state index contributed by atoms with van der Waals surface area (Å²) in [5.74, 6) is -0.131. The molecule has 0 aromatic heterocycles. The molecule has 0 aliphatic carbocycles. The molecule has 3 aromatic rings. The lowest BCUT2D eigenvalue weighted by Gasteiger charge is -2.24. The molecule has 0 spiro atoms. The summed E-state index contributed by atoms with van der Waals surface area (Å²) in [6.45, 7) is 1.43. The van der Waals surface area contributed by atoms with Gasteiger partial charge in [0.05, 0.1) is 23.4 Å². The van der Waals surface area contributed by atoms with Gasteiger partial charge in [-0.3, -0.25) is 9.10 Å². The van der Waals surface area contributed by atoms with Crippen molar-refractivity contribution >= 4 is 54.8 Å². The maximum absolute atomic E-state index is 13.4. The predicted molar refractivity (Wildman–Crippen MR) is 126 cm³/mol. The van der Waals surface area contributed by atoms with E-state index in [1.54, 1.807) is 48.5 Å². The largest absolute Gasteiger partial charge is 0.495 e. The Morgan fingerprint density at radius 1 is 1.06 bits per heavy atom. The third kappa shape index (κ3) is 5.58. The van der Waals surface area contributed by atoms with Gasteiger partial charge >= 0.3 is 0 Å². The molecule has 0 unspecified atom stereocenters. The first-order valence-electron chi connectivity index (χ1n) is 9.19. The Balaban J connectivity index is 1.95. The average Bonchev–Trinajstić information content (AvgIpc) is 2.73. The molecular formula is C22H20BrClN2O4S. The SMILES string of the molecule is COc1ccc(Cl)cc1NC(=O)CN(c1ccc(Br)cc1)S(=O)(=O)c1ccc(C)cc1. The highest BCUT2D eigenvalue weighted by Gasteiger charge is 2.27. The van der Waals surface area contributed by atoms with Crippen molar-refractivity contribution in [3.63, 3.8) is 0 Å². The van der Waals surface area contributed by atoms with Crippen molar-refractivity contribution < 1.29 is 17.9 Å². The molecule has 0 saturated heterocycles. The van der Waals surface area contributed by atoms with Crippen LogP contribution < -0.4 is 14.4 Å². The van der Waals surface area contributed by atoms with Gasteiger partial charge in [0.15, 0.2) is 0 Å². The van der Waals surface area contributed by atoms with Crippen LogP contribution in [-0.2, 0) is 14.8 Å². The fraction of sp³-hybridized carbons (Fsp3) is 0.136. The number of carbonyl (C=O) groups excluding carboxylic acids is 1. The third-order valence-corrected chi connectivity index (χ3v) is 7.00. The first-order valence-corrected chi connectivity index (χ1v) is 11.8. The molecule has 1 N–H and O–H groups in total. The summed E-state index contributed by atoms with van der Waals surface area (Å²) in [4.78, 5) is 12.9. The molecule has 9 heteroatoms. The Morgan fingerprint density at radius 3 is 2.32 bits per heavy atom. The van der Waals surface area contributed by atoms with Crippen LogP contribution in [0.15, 0.2) is 76.1 Å². The predicted octanol–water partition coefficient (Wildman–Crippen LogP) is 5.25. The number of methoxy groups -OCH3 is 1. The highest BCUT2D eigenvalue weighted by molar-refractivity contribution is 9.10. The van der Waals surface area contributed by atoms with Crippen molar-refractivity contribution in [1.29, 1.82) is 0 Å². The van der Waals surface area contributed by atoms with E-state index in [0.717, 1.165) is 14.3 Å². The Kier molecular flexibility index (Phi) is 7.25. The van der Waals surface area contributed by atoms with E-state index in [-0.39, 0.29) is 4.90 Å². The molecule has 31 heavy (non-hydrogen) atoms. The molecule has 0 atom stereocenters. The second-order valence-corrected chi connectivity index (χ2v) is 9.91. The highest BCUT2D eigenvalue weighted by atomic mass is 79.9. The van der Waals surface area contributed by atoms with Crippen LogP contribution in [0.1, 0.15) is 5.56 Å². The van der Waals surface area contributed by atoms with Crippen LogP contribution in [0, 0.1) is 6.92 Å². The first-order chi connectivity index (χ1) is 14.7. The second kappa shape index (κ2) is 9.72. The number of benzene rings is 3. The van der Waals surface area contributed by atoms with E-state index >= 15 is 0 Å². The molecule has 0 bridgehead atoms. The molecule has 162 valence electrons. The number of nitrogens with zero attached hydrogens (tertiary/aromatic N) is 1. The Morgan fingerprint density at radius 2 is 1.71 bits per heavy atom. The lowest BCUT2D eigenvalue weighted by atomic mass is 10.2. The number of ether oxygens (including phenoxy) is 1. The van der Waals surface area contributed by atoms with Crippen molar-refractivity contribution in [2.24, 2.45) is 0 Å². The number of rotatable bonds is 7. The molecular weight excluding hydrogens is 504 g/mol. The van der Waals surface area contributed by atoms with Crippen molar-refractivity contribution in [2.75, 3.05) is 23.3 Å². The van der Waals surface area contributed by atoms with Crippen LogP contribution in [0.5, 0.6) is 5.75 Å². The number of amides is 1. The number of hydrogen-bond donors (Lipinski definition) is 1. The quantitative estimate of drug-likeness (QED) is 0.459. The first kappa shape index (κ1) is 23.1. The summed E-state index contributed by atoms with van der Waals surface area (Å²) in [6, 6.07) is 17.9. The molecule has 1 amide bonds. The summed E-state index contributed by atoms with van der Waals surface area (Å²) in [5, 5.41) is 3.09. The van der Waals surface area contributed by atoms with E-state index in [2.05, 4.69) is 21.2 Å². The van der Waals surface area contributed by atoms with Gasteiger partial charge in [0.25, 0.3) is 10.0 Å². The maximum Gasteiger partial charge on any atom is 0.264 e. The summed E-state index contributed by atoms with van der Waals surface area (Å²) in [5.41, 5.74) is 1.64. The summed E-state index contributed by atoms with van der Waals surface area (Å²) in [7, 11) is -2.53. The molecule has 0 aliphatic rings. The number of aryl methyl sites for hydroxylation is 1. The Hall–Kier alpha value is -2.55. The number of nitrogens with one attached hydrogen (secondary N) is 1. The summed E-state index contributed by atoms with van der Waals surface area (Å²) in [6.07, 6.45) is 0. The van der Waals surface area contributed by atoms with Gasteiger partial charge in [0.2, 0.25) is 5.91 Å². The number of anilines is 2. The number of halogens is 2. The van der Waals surface area contributed by atoms with E-state index in [1.165, 1.54) is 25.3 Å². The molecule has 6 nitrogen and oxygen atoms in total. The molecule has 0 fully saturated rings. The van der Waals surface area contributed by atoms with Gasteiger partial charge in [-0.05, 0) is 61.5 Å². The van der Waals surface area contributed by atoms with Gasteiger partial charge in [0, 0.05) is 9.50 Å². The summed E-state index contributed by atoms with van der Waals surface area (Å²) >= 11 is 9.36. The van der Waals surface area contributed by atoms with Gasteiger partial charge < -0.3 is 10.1 Å². The smallest absolute Gasteiger partial charge is 0.264 e. The lowest BCUT2D eigenvalue weighted by Crippen LogP contribution is -2.38. The van der Waals surface area contributed by atoms with Gasteiger partial charge in [-0.25, -0.2) is 8.42 Å². The van der Waals surface area contributed by atoms with Crippen molar-refractivity contribution in [2.45, 2.75) is 11.8 Å². The van der Waals surface area contributed by atoms with E-state index in [1.807, 2.05) is 6.92 Å². The zero-order valence-corrected chi connectivity index (χ0v) is 20.0. The minimum absolute atomic E-state index is 0.0918. The van der Waals surface area contributed by atoms with Crippen molar-refractivity contribution in [3.8, 4) is 5.75 Å². The molecule has 0 heterocycles. The fourth-order valence-corrected chi connectivity index (χ4v) is 4.72. The Bertz CT molecular complexity index is 1180. The summed E-state index contributed by atoms with van der Waals surface area (Å²) < 4.78 is 33.9. The van der Waals surface area contributed by atoms with E-state index < -0.39 is 22.5 Å². The highest BCUT2D eigenvalue weighted by Crippen LogP contribution is 2.29. The van der Waals surface area contributed by atoms with E-state index in [4.69, 9.17) is 16.3 Å².